The lowest BCUT2D eigenvalue weighted by Gasteiger charge is -2.28. The Bertz CT molecular complexity index is 1350. The van der Waals surface area contributed by atoms with E-state index in [0.717, 1.165) is 26.4 Å². The van der Waals surface area contributed by atoms with Crippen LogP contribution in [0.1, 0.15) is 47.9 Å². The zero-order chi connectivity index (χ0) is 30.5. The third-order valence-electron chi connectivity index (χ3n) is 5.89. The zero-order valence-electron chi connectivity index (χ0n) is 23.0. The Morgan fingerprint density at radius 2 is 1.41 bits per heavy atom. The number of hydrogen-bond donors (Lipinski definition) is 0. The van der Waals surface area contributed by atoms with E-state index in [1.54, 1.807) is 20.8 Å². The van der Waals surface area contributed by atoms with E-state index in [2.05, 4.69) is 9.47 Å². The predicted molar refractivity (Wildman–Crippen MR) is 140 cm³/mol. The van der Waals surface area contributed by atoms with Gasteiger partial charge in [-0.15, -0.1) is 0 Å². The molecule has 41 heavy (non-hydrogen) atoms. The van der Waals surface area contributed by atoms with Crippen LogP contribution in [0.4, 0.5) is 16.2 Å². The van der Waals surface area contributed by atoms with Crippen LogP contribution >= 0.6 is 0 Å². The molecule has 1 aliphatic rings. The first kappa shape index (κ1) is 30.6. The summed E-state index contributed by atoms with van der Waals surface area (Å²) in [6, 6.07) is 6.66. The minimum Gasteiger partial charge on any atom is -0.491 e. The number of carbonyl (C=O) groups excluding carboxylic acids is 3. The van der Waals surface area contributed by atoms with E-state index in [9.17, 15) is 34.6 Å². The minimum atomic E-state index is -0.915. The molecule has 2 aromatic rings. The lowest BCUT2D eigenvalue weighted by Crippen LogP contribution is -2.42. The summed E-state index contributed by atoms with van der Waals surface area (Å²) in [5.74, 6) is -1.56. The van der Waals surface area contributed by atoms with Crippen molar-refractivity contribution in [1.29, 1.82) is 0 Å². The van der Waals surface area contributed by atoms with Gasteiger partial charge in [0.25, 0.3) is 11.4 Å². The van der Waals surface area contributed by atoms with E-state index < -0.39 is 57.0 Å². The Kier molecular flexibility index (Phi) is 9.32. The molecule has 1 amide bonds. The zero-order valence-corrected chi connectivity index (χ0v) is 23.0. The summed E-state index contributed by atoms with van der Waals surface area (Å²) < 4.78 is 26.6. The lowest BCUT2D eigenvalue weighted by molar-refractivity contribution is -0.385. The van der Waals surface area contributed by atoms with Gasteiger partial charge in [-0.3, -0.25) is 25.1 Å². The fraction of sp³-hybridized carbons (Fsp3) is 0.423. The van der Waals surface area contributed by atoms with Gasteiger partial charge in [-0.1, -0.05) is 0 Å². The van der Waals surface area contributed by atoms with E-state index in [1.165, 1.54) is 29.2 Å². The van der Waals surface area contributed by atoms with Gasteiger partial charge in [0.1, 0.15) is 40.9 Å². The molecule has 0 radical (unpaired) electrons. The van der Waals surface area contributed by atoms with Crippen LogP contribution in [0, 0.1) is 20.2 Å². The van der Waals surface area contributed by atoms with Gasteiger partial charge in [0.2, 0.25) is 0 Å². The molecule has 0 aromatic heterocycles. The van der Waals surface area contributed by atoms with Gasteiger partial charge in [0.05, 0.1) is 36.7 Å². The van der Waals surface area contributed by atoms with Crippen molar-refractivity contribution in [1.82, 2.24) is 4.90 Å². The normalized spacial score (nSPS) is 16.5. The number of carbonyl (C=O) groups is 3. The molecule has 2 atom stereocenters. The molecular weight excluding hydrogens is 546 g/mol. The molecule has 0 N–H and O–H groups in total. The van der Waals surface area contributed by atoms with E-state index in [4.69, 9.17) is 14.2 Å². The number of ether oxygens (including phenoxy) is 5. The van der Waals surface area contributed by atoms with Crippen molar-refractivity contribution in [3.63, 3.8) is 0 Å². The van der Waals surface area contributed by atoms with Crippen molar-refractivity contribution < 1.29 is 47.9 Å². The van der Waals surface area contributed by atoms with Crippen LogP contribution in [0.2, 0.25) is 0 Å². The Morgan fingerprint density at radius 3 is 1.90 bits per heavy atom. The average molecular weight is 576 g/mol. The smallest absolute Gasteiger partial charge is 0.410 e. The van der Waals surface area contributed by atoms with Crippen molar-refractivity contribution in [2.75, 3.05) is 27.4 Å². The maximum Gasteiger partial charge on any atom is 0.410 e. The highest BCUT2D eigenvalue weighted by Gasteiger charge is 2.39. The molecule has 0 aliphatic carbocycles. The summed E-state index contributed by atoms with van der Waals surface area (Å²) in [6.07, 6.45) is -1.03. The molecule has 3 rings (SSSR count). The summed E-state index contributed by atoms with van der Waals surface area (Å²) in [5, 5.41) is 22.6. The van der Waals surface area contributed by atoms with Crippen molar-refractivity contribution in [3.05, 3.63) is 67.8 Å². The number of likely N-dealkylation sites (tertiary alicyclic amines) is 1. The largest absolute Gasteiger partial charge is 0.491 e. The number of nitro benzene ring substituents is 2. The Labute approximate surface area is 234 Å². The molecule has 15 nitrogen and oxygen atoms in total. The number of nitro groups is 2. The van der Waals surface area contributed by atoms with Gasteiger partial charge < -0.3 is 23.7 Å². The lowest BCUT2D eigenvalue weighted by atomic mass is 10.1. The van der Waals surface area contributed by atoms with Gasteiger partial charge in [0, 0.05) is 30.7 Å². The molecule has 0 saturated carbocycles. The fourth-order valence-electron chi connectivity index (χ4n) is 4.10. The number of esters is 2. The Morgan fingerprint density at radius 1 is 0.902 bits per heavy atom. The van der Waals surface area contributed by atoms with Crippen molar-refractivity contribution in [3.8, 4) is 11.5 Å². The quantitative estimate of drug-likeness (QED) is 0.182. The van der Waals surface area contributed by atoms with Crippen molar-refractivity contribution >= 4 is 29.4 Å². The van der Waals surface area contributed by atoms with Gasteiger partial charge in [0.15, 0.2) is 0 Å². The number of methoxy groups -OCH3 is 2. The van der Waals surface area contributed by atoms with Crippen LogP contribution in [0.15, 0.2) is 36.4 Å². The Balaban J connectivity index is 1.83. The second-order valence-corrected chi connectivity index (χ2v) is 9.93. The highest BCUT2D eigenvalue weighted by Crippen LogP contribution is 2.30. The third-order valence-corrected chi connectivity index (χ3v) is 5.89. The number of hydrogen-bond acceptors (Lipinski definition) is 12. The molecule has 0 bridgehead atoms. The molecule has 1 heterocycles. The van der Waals surface area contributed by atoms with E-state index >= 15 is 0 Å². The predicted octanol–water partition coefficient (Wildman–Crippen LogP) is 3.91. The van der Waals surface area contributed by atoms with E-state index in [1.807, 2.05) is 0 Å². The second-order valence-electron chi connectivity index (χ2n) is 9.93. The molecule has 2 aromatic carbocycles. The number of benzene rings is 2. The topological polar surface area (TPSA) is 187 Å². The molecule has 0 unspecified atom stereocenters. The minimum absolute atomic E-state index is 0.0567. The average Bonchev–Trinajstić information content (AvgIpc) is 3.32. The molecule has 1 aliphatic heterocycles. The maximum atomic E-state index is 13.0. The summed E-state index contributed by atoms with van der Waals surface area (Å²) >= 11 is 0. The first-order chi connectivity index (χ1) is 19.2. The molecule has 1 fully saturated rings. The molecule has 1 saturated heterocycles. The van der Waals surface area contributed by atoms with Crippen LogP contribution in [-0.2, 0) is 14.2 Å². The molecule has 0 spiro atoms. The molecule has 220 valence electrons. The van der Waals surface area contributed by atoms with E-state index in [-0.39, 0.29) is 42.2 Å². The standard InChI is InChI=1S/C26H29N3O12/c1-26(2,3)41-25(32)27-13-18(40-17-7-9-22(29(35)36)20(12-17)24(31)38-5)10-15(27)14-39-16-6-8-21(28(33)34)19(11-16)23(30)37-4/h6-9,11-12,15,18H,10,13-14H2,1-5H3/t15-,18+/m1/s1. The van der Waals surface area contributed by atoms with Crippen LogP contribution in [-0.4, -0.2) is 77.9 Å². The van der Waals surface area contributed by atoms with Gasteiger partial charge >= 0.3 is 18.0 Å². The summed E-state index contributed by atoms with van der Waals surface area (Å²) in [4.78, 5) is 59.7. The van der Waals surface area contributed by atoms with Gasteiger partial charge in [-0.2, -0.15) is 0 Å². The first-order valence-corrected chi connectivity index (χ1v) is 12.3. The highest BCUT2D eigenvalue weighted by atomic mass is 16.6. The van der Waals surface area contributed by atoms with Crippen LogP contribution in [0.25, 0.3) is 0 Å². The van der Waals surface area contributed by atoms with Crippen molar-refractivity contribution in [2.45, 2.75) is 44.9 Å². The summed E-state index contributed by atoms with van der Waals surface area (Å²) in [6.45, 7) is 5.08. The van der Waals surface area contributed by atoms with Crippen molar-refractivity contribution in [2.24, 2.45) is 0 Å². The number of amides is 1. The first-order valence-electron chi connectivity index (χ1n) is 12.3. The summed E-state index contributed by atoms with van der Waals surface area (Å²) in [5.41, 5.74) is -2.30. The number of nitrogens with zero attached hydrogens (tertiary/aromatic N) is 3. The van der Waals surface area contributed by atoms with Crippen LogP contribution in [0.3, 0.4) is 0 Å². The van der Waals surface area contributed by atoms with Crippen LogP contribution < -0.4 is 9.47 Å². The third kappa shape index (κ3) is 7.58. The number of rotatable bonds is 9. The van der Waals surface area contributed by atoms with E-state index in [0.29, 0.717) is 0 Å². The maximum absolute atomic E-state index is 13.0. The van der Waals surface area contributed by atoms with Crippen LogP contribution in [0.5, 0.6) is 11.5 Å². The van der Waals surface area contributed by atoms with Gasteiger partial charge in [-0.05, 0) is 32.9 Å². The fourth-order valence-corrected chi connectivity index (χ4v) is 4.10. The second kappa shape index (κ2) is 12.5. The monoisotopic (exact) mass is 575 g/mol. The molecular formula is C26H29N3O12. The molecule has 15 heteroatoms. The Hall–Kier alpha value is -4.95. The highest BCUT2D eigenvalue weighted by molar-refractivity contribution is 5.94. The summed E-state index contributed by atoms with van der Waals surface area (Å²) in [7, 11) is 2.19. The SMILES string of the molecule is COC(=O)c1cc(OC[C@H]2C[C@H](Oc3ccc([N+](=O)[O-])c(C(=O)OC)c3)CN2C(=O)OC(C)(C)C)ccc1[N+](=O)[O-]. The van der Waals surface area contributed by atoms with Gasteiger partial charge in [-0.25, -0.2) is 14.4 Å².